The molecule has 0 bridgehead atoms. The molecule has 0 aliphatic heterocycles. The average molecular weight is 313 g/mol. The second kappa shape index (κ2) is 9.67. The lowest BCUT2D eigenvalue weighted by molar-refractivity contribution is -0.152. The van der Waals surface area contributed by atoms with Crippen molar-refractivity contribution in [2.45, 2.75) is 52.6 Å². The Morgan fingerprint density at radius 2 is 1.90 bits per heavy atom. The van der Waals surface area contributed by atoms with Crippen LogP contribution in [0.15, 0.2) is 24.3 Å². The topological polar surface area (TPSA) is 35.5 Å². The minimum absolute atomic E-state index is 0.320. The molecule has 0 fully saturated rings. The van der Waals surface area contributed by atoms with Gasteiger partial charge in [0.15, 0.2) is 6.10 Å². The molecule has 0 aliphatic rings. The van der Waals surface area contributed by atoms with Gasteiger partial charge in [0.05, 0.1) is 6.61 Å². The smallest absolute Gasteiger partial charge is 0.347 e. The maximum absolute atomic E-state index is 11.9. The van der Waals surface area contributed by atoms with Crippen molar-refractivity contribution in [2.24, 2.45) is 5.92 Å². The average Bonchev–Trinajstić information content (AvgIpc) is 2.49. The highest BCUT2D eigenvalue weighted by molar-refractivity contribution is 6.30. The summed E-state index contributed by atoms with van der Waals surface area (Å²) in [4.78, 5) is 11.9. The van der Waals surface area contributed by atoms with E-state index in [1.54, 1.807) is 31.2 Å². The number of esters is 1. The van der Waals surface area contributed by atoms with E-state index in [9.17, 15) is 4.79 Å². The van der Waals surface area contributed by atoms with Crippen molar-refractivity contribution >= 4 is 17.6 Å². The van der Waals surface area contributed by atoms with Crippen molar-refractivity contribution in [2.75, 3.05) is 6.61 Å². The molecule has 0 spiro atoms. The Labute approximate surface area is 132 Å². The molecule has 2 unspecified atom stereocenters. The highest BCUT2D eigenvalue weighted by atomic mass is 35.5. The third-order valence-electron chi connectivity index (χ3n) is 3.46. The Morgan fingerprint density at radius 3 is 2.48 bits per heavy atom. The second-order valence-electron chi connectivity index (χ2n) is 5.26. The first-order valence-electron chi connectivity index (χ1n) is 7.65. The number of carbonyl (C=O) groups excluding carboxylic acids is 1. The first-order chi connectivity index (χ1) is 10.1. The molecule has 21 heavy (non-hydrogen) atoms. The van der Waals surface area contributed by atoms with E-state index in [0.29, 0.717) is 23.3 Å². The van der Waals surface area contributed by atoms with Gasteiger partial charge in [0, 0.05) is 5.02 Å². The molecule has 118 valence electrons. The Kier molecular flexibility index (Phi) is 8.21. The van der Waals surface area contributed by atoms with Crippen molar-refractivity contribution in [3.05, 3.63) is 29.3 Å². The van der Waals surface area contributed by atoms with Crippen LogP contribution < -0.4 is 4.74 Å². The zero-order valence-electron chi connectivity index (χ0n) is 13.1. The van der Waals surface area contributed by atoms with Crippen LogP contribution in [0.4, 0.5) is 0 Å². The largest absolute Gasteiger partial charge is 0.479 e. The zero-order chi connectivity index (χ0) is 15.7. The van der Waals surface area contributed by atoms with Gasteiger partial charge in [-0.2, -0.15) is 0 Å². The van der Waals surface area contributed by atoms with Crippen LogP contribution in [0.5, 0.6) is 5.75 Å². The summed E-state index contributed by atoms with van der Waals surface area (Å²) in [6, 6.07) is 6.93. The van der Waals surface area contributed by atoms with Crippen LogP contribution in [0.1, 0.15) is 46.5 Å². The molecule has 1 aromatic carbocycles. The van der Waals surface area contributed by atoms with Crippen molar-refractivity contribution < 1.29 is 14.3 Å². The quantitative estimate of drug-likeness (QED) is 0.610. The lowest BCUT2D eigenvalue weighted by atomic mass is 10.0. The summed E-state index contributed by atoms with van der Waals surface area (Å²) in [6.45, 7) is 6.47. The molecule has 3 nitrogen and oxygen atoms in total. The fraction of sp³-hybridized carbons (Fsp3) is 0.588. The minimum Gasteiger partial charge on any atom is -0.479 e. The molecule has 0 N–H and O–H groups in total. The van der Waals surface area contributed by atoms with Gasteiger partial charge in [-0.1, -0.05) is 44.7 Å². The molecule has 0 amide bonds. The Balaban J connectivity index is 2.38. The number of benzene rings is 1. The van der Waals surface area contributed by atoms with E-state index in [0.717, 1.165) is 12.8 Å². The number of halogens is 1. The van der Waals surface area contributed by atoms with Crippen LogP contribution in [-0.2, 0) is 9.53 Å². The zero-order valence-corrected chi connectivity index (χ0v) is 13.9. The fourth-order valence-corrected chi connectivity index (χ4v) is 2.11. The van der Waals surface area contributed by atoms with E-state index < -0.39 is 6.10 Å². The van der Waals surface area contributed by atoms with Gasteiger partial charge in [0.25, 0.3) is 0 Å². The second-order valence-corrected chi connectivity index (χ2v) is 5.70. The molecule has 2 atom stereocenters. The van der Waals surface area contributed by atoms with Gasteiger partial charge in [-0.3, -0.25) is 0 Å². The first kappa shape index (κ1) is 17.8. The van der Waals surface area contributed by atoms with Crippen LogP contribution in [-0.4, -0.2) is 18.7 Å². The lowest BCUT2D eigenvalue weighted by Crippen LogP contribution is -2.28. The highest BCUT2D eigenvalue weighted by Crippen LogP contribution is 2.18. The first-order valence-corrected chi connectivity index (χ1v) is 8.03. The van der Waals surface area contributed by atoms with Gasteiger partial charge < -0.3 is 9.47 Å². The third kappa shape index (κ3) is 6.85. The highest BCUT2D eigenvalue weighted by Gasteiger charge is 2.18. The molecular formula is C17H25ClO3. The molecule has 0 radical (unpaired) electrons. The third-order valence-corrected chi connectivity index (χ3v) is 3.71. The summed E-state index contributed by atoms with van der Waals surface area (Å²) in [7, 11) is 0. The van der Waals surface area contributed by atoms with E-state index in [-0.39, 0.29) is 5.97 Å². The number of rotatable bonds is 9. The van der Waals surface area contributed by atoms with Crippen LogP contribution in [0.25, 0.3) is 0 Å². The Bertz CT molecular complexity index is 417. The van der Waals surface area contributed by atoms with Crippen molar-refractivity contribution in [3.63, 3.8) is 0 Å². The minimum atomic E-state index is -0.616. The summed E-state index contributed by atoms with van der Waals surface area (Å²) in [6.07, 6.45) is 3.86. The molecule has 1 rings (SSSR count). The molecule has 4 heteroatoms. The van der Waals surface area contributed by atoms with Crippen LogP contribution >= 0.6 is 11.6 Å². The monoisotopic (exact) mass is 312 g/mol. The van der Waals surface area contributed by atoms with Gasteiger partial charge >= 0.3 is 5.97 Å². The van der Waals surface area contributed by atoms with E-state index >= 15 is 0 Å². The van der Waals surface area contributed by atoms with Crippen LogP contribution in [0.2, 0.25) is 5.02 Å². The van der Waals surface area contributed by atoms with Gasteiger partial charge in [-0.05, 0) is 43.5 Å². The van der Waals surface area contributed by atoms with E-state index in [4.69, 9.17) is 21.1 Å². The van der Waals surface area contributed by atoms with Crippen LogP contribution in [0.3, 0.4) is 0 Å². The van der Waals surface area contributed by atoms with Crippen molar-refractivity contribution in [1.29, 1.82) is 0 Å². The van der Waals surface area contributed by atoms with E-state index in [1.165, 1.54) is 12.8 Å². The van der Waals surface area contributed by atoms with Gasteiger partial charge in [0.2, 0.25) is 0 Å². The number of unbranched alkanes of at least 4 members (excludes halogenated alkanes) is 1. The van der Waals surface area contributed by atoms with E-state index in [2.05, 4.69) is 13.8 Å². The van der Waals surface area contributed by atoms with E-state index in [1.807, 2.05) is 0 Å². The number of hydrogen-bond donors (Lipinski definition) is 0. The van der Waals surface area contributed by atoms with Crippen molar-refractivity contribution in [3.8, 4) is 5.75 Å². The normalized spacial score (nSPS) is 13.5. The lowest BCUT2D eigenvalue weighted by Gasteiger charge is -2.18. The van der Waals surface area contributed by atoms with Crippen molar-refractivity contribution in [1.82, 2.24) is 0 Å². The Hall–Kier alpha value is -1.22. The maximum Gasteiger partial charge on any atom is 0.347 e. The fourth-order valence-electron chi connectivity index (χ4n) is 1.98. The van der Waals surface area contributed by atoms with Gasteiger partial charge in [-0.15, -0.1) is 0 Å². The van der Waals surface area contributed by atoms with Crippen LogP contribution in [0, 0.1) is 5.92 Å². The molecule has 0 aliphatic carbocycles. The van der Waals surface area contributed by atoms with Gasteiger partial charge in [0.1, 0.15) is 5.75 Å². The number of carbonyl (C=O) groups is 1. The molecule has 0 aromatic heterocycles. The summed E-state index contributed by atoms with van der Waals surface area (Å²) >= 11 is 5.81. The molecule has 0 heterocycles. The SMILES string of the molecule is CCCCC(CC)COC(=O)C(C)Oc1ccc(Cl)cc1. The predicted molar refractivity (Wildman–Crippen MR) is 85.8 cm³/mol. The standard InChI is InChI=1S/C17H25ClO3/c1-4-6-7-14(5-2)12-20-17(19)13(3)21-16-10-8-15(18)9-11-16/h8-11,13-14H,4-7,12H2,1-3H3. The molecular weight excluding hydrogens is 288 g/mol. The molecule has 0 saturated heterocycles. The number of ether oxygens (including phenoxy) is 2. The summed E-state index contributed by atoms with van der Waals surface area (Å²) in [5.41, 5.74) is 0. The predicted octanol–water partition coefficient (Wildman–Crippen LogP) is 4.87. The summed E-state index contributed by atoms with van der Waals surface area (Å²) in [5.74, 6) is 0.735. The van der Waals surface area contributed by atoms with Gasteiger partial charge in [-0.25, -0.2) is 4.79 Å². The molecule has 1 aromatic rings. The summed E-state index contributed by atoms with van der Waals surface area (Å²) in [5, 5.41) is 0.638. The summed E-state index contributed by atoms with van der Waals surface area (Å²) < 4.78 is 10.9. The number of hydrogen-bond acceptors (Lipinski definition) is 3. The Morgan fingerprint density at radius 1 is 1.24 bits per heavy atom. The molecule has 0 saturated carbocycles. The maximum atomic E-state index is 11.9.